The predicted molar refractivity (Wildman–Crippen MR) is 70.1 cm³/mol. The van der Waals surface area contributed by atoms with Crippen molar-refractivity contribution in [3.8, 4) is 0 Å². The standard InChI is InChI=1S/C12H11N3O2S/c16-11(15-12-14-3-5-17-12)8-1-2-10-9(7-8)13-4-6-18-10/h1-3,5,7,13H,4,6H2,(H,14,15,16). The van der Waals surface area contributed by atoms with E-state index in [9.17, 15) is 4.79 Å². The van der Waals surface area contributed by atoms with Crippen molar-refractivity contribution in [3.63, 3.8) is 0 Å². The summed E-state index contributed by atoms with van der Waals surface area (Å²) >= 11 is 1.79. The minimum atomic E-state index is -0.224. The molecule has 18 heavy (non-hydrogen) atoms. The monoisotopic (exact) mass is 261 g/mol. The molecule has 0 fully saturated rings. The van der Waals surface area contributed by atoms with Crippen molar-refractivity contribution in [1.82, 2.24) is 4.98 Å². The Labute approximate surface area is 108 Å². The van der Waals surface area contributed by atoms with Crippen molar-refractivity contribution in [1.29, 1.82) is 0 Å². The molecular weight excluding hydrogens is 250 g/mol. The molecule has 3 rings (SSSR count). The molecule has 2 aromatic rings. The molecule has 0 aliphatic carbocycles. The third-order valence-corrected chi connectivity index (χ3v) is 3.64. The van der Waals surface area contributed by atoms with Crippen molar-refractivity contribution < 1.29 is 9.21 Å². The van der Waals surface area contributed by atoms with Gasteiger partial charge in [0.15, 0.2) is 0 Å². The van der Waals surface area contributed by atoms with Crippen molar-refractivity contribution >= 4 is 29.4 Å². The van der Waals surface area contributed by atoms with Gasteiger partial charge in [0.1, 0.15) is 6.26 Å². The summed E-state index contributed by atoms with van der Waals surface area (Å²) in [4.78, 5) is 17.0. The molecular formula is C12H11N3O2S. The summed E-state index contributed by atoms with van der Waals surface area (Å²) in [7, 11) is 0. The molecule has 0 radical (unpaired) electrons. The highest BCUT2D eigenvalue weighted by Gasteiger charge is 2.13. The quantitative estimate of drug-likeness (QED) is 0.869. The third-order valence-electron chi connectivity index (χ3n) is 2.57. The fourth-order valence-corrected chi connectivity index (χ4v) is 2.61. The van der Waals surface area contributed by atoms with Crippen molar-refractivity contribution in [3.05, 3.63) is 36.2 Å². The van der Waals surface area contributed by atoms with E-state index < -0.39 is 0 Å². The van der Waals surface area contributed by atoms with Crippen LogP contribution in [0.5, 0.6) is 0 Å². The van der Waals surface area contributed by atoms with E-state index in [1.54, 1.807) is 17.8 Å². The maximum Gasteiger partial charge on any atom is 0.301 e. The second-order valence-electron chi connectivity index (χ2n) is 3.78. The van der Waals surface area contributed by atoms with Crippen LogP contribution in [-0.2, 0) is 0 Å². The lowest BCUT2D eigenvalue weighted by Gasteiger charge is -2.17. The van der Waals surface area contributed by atoms with Gasteiger partial charge in [-0.15, -0.1) is 11.8 Å². The molecule has 1 aromatic carbocycles. The number of nitrogens with one attached hydrogen (secondary N) is 2. The average molecular weight is 261 g/mol. The Bertz CT molecular complexity index is 569. The Morgan fingerprint density at radius 1 is 1.50 bits per heavy atom. The largest absolute Gasteiger partial charge is 0.432 e. The van der Waals surface area contributed by atoms with E-state index in [1.165, 1.54) is 17.4 Å². The summed E-state index contributed by atoms with van der Waals surface area (Å²) in [5.41, 5.74) is 1.59. The van der Waals surface area contributed by atoms with Gasteiger partial charge in [-0.1, -0.05) is 0 Å². The average Bonchev–Trinajstić information content (AvgIpc) is 2.91. The van der Waals surface area contributed by atoms with Crippen LogP contribution < -0.4 is 10.6 Å². The molecule has 0 unspecified atom stereocenters. The molecule has 1 amide bonds. The number of hydrogen-bond donors (Lipinski definition) is 2. The normalized spacial score (nSPS) is 13.6. The second-order valence-corrected chi connectivity index (χ2v) is 4.91. The molecule has 0 saturated heterocycles. The van der Waals surface area contributed by atoms with E-state index in [2.05, 4.69) is 15.6 Å². The highest BCUT2D eigenvalue weighted by atomic mass is 32.2. The number of amides is 1. The molecule has 2 heterocycles. The lowest BCUT2D eigenvalue weighted by atomic mass is 10.2. The SMILES string of the molecule is O=C(Nc1ncco1)c1ccc2c(c1)NCCS2. The van der Waals surface area contributed by atoms with Crippen LogP contribution in [0, 0.1) is 0 Å². The van der Waals surface area contributed by atoms with Crippen LogP contribution in [0.3, 0.4) is 0 Å². The Kier molecular flexibility index (Phi) is 2.93. The molecule has 0 spiro atoms. The Morgan fingerprint density at radius 3 is 3.28 bits per heavy atom. The van der Waals surface area contributed by atoms with Crippen LogP contribution in [0.15, 0.2) is 40.0 Å². The smallest absolute Gasteiger partial charge is 0.301 e. The molecule has 0 bridgehead atoms. The van der Waals surface area contributed by atoms with Crippen LogP contribution in [0.2, 0.25) is 0 Å². The van der Waals surface area contributed by atoms with Gasteiger partial charge in [0, 0.05) is 28.4 Å². The Balaban J connectivity index is 1.81. The molecule has 2 N–H and O–H groups in total. The summed E-state index contributed by atoms with van der Waals surface area (Å²) in [5, 5.41) is 5.87. The van der Waals surface area contributed by atoms with Crippen LogP contribution in [0.4, 0.5) is 11.7 Å². The van der Waals surface area contributed by atoms with Crippen LogP contribution >= 0.6 is 11.8 Å². The predicted octanol–water partition coefficient (Wildman–Crippen LogP) is 2.44. The maximum absolute atomic E-state index is 12.0. The number of rotatable bonds is 2. The summed E-state index contributed by atoms with van der Waals surface area (Å²) in [6.07, 6.45) is 2.90. The molecule has 0 atom stereocenters. The first-order valence-electron chi connectivity index (χ1n) is 5.54. The van der Waals surface area contributed by atoms with Gasteiger partial charge in [-0.05, 0) is 18.2 Å². The first kappa shape index (κ1) is 11.2. The lowest BCUT2D eigenvalue weighted by molar-refractivity contribution is 0.102. The Hall–Kier alpha value is -1.95. The summed E-state index contributed by atoms with van der Waals surface area (Å²) in [5.74, 6) is 0.826. The van der Waals surface area contributed by atoms with E-state index in [0.29, 0.717) is 5.56 Å². The minimum absolute atomic E-state index is 0.208. The van der Waals surface area contributed by atoms with Crippen LogP contribution in [0.25, 0.3) is 0 Å². The number of oxazole rings is 1. The number of anilines is 2. The van der Waals surface area contributed by atoms with Gasteiger partial charge < -0.3 is 9.73 Å². The number of fused-ring (bicyclic) bond motifs is 1. The summed E-state index contributed by atoms with van der Waals surface area (Å²) < 4.78 is 4.98. The molecule has 1 aliphatic heterocycles. The van der Waals surface area contributed by atoms with E-state index in [1.807, 2.05) is 12.1 Å². The molecule has 6 heteroatoms. The van der Waals surface area contributed by atoms with Gasteiger partial charge >= 0.3 is 6.01 Å². The van der Waals surface area contributed by atoms with Gasteiger partial charge in [0.25, 0.3) is 5.91 Å². The lowest BCUT2D eigenvalue weighted by Crippen LogP contribution is -2.15. The van der Waals surface area contributed by atoms with Crippen LogP contribution in [-0.4, -0.2) is 23.2 Å². The summed E-state index contributed by atoms with van der Waals surface area (Å²) in [6.45, 7) is 0.919. The van der Waals surface area contributed by atoms with Crippen molar-refractivity contribution in [2.75, 3.05) is 22.9 Å². The first-order chi connectivity index (χ1) is 8.83. The Morgan fingerprint density at radius 2 is 2.44 bits per heavy atom. The molecule has 5 nitrogen and oxygen atoms in total. The second kappa shape index (κ2) is 4.73. The third kappa shape index (κ3) is 2.19. The minimum Gasteiger partial charge on any atom is -0.432 e. The van der Waals surface area contributed by atoms with Gasteiger partial charge in [0.05, 0.1) is 6.20 Å². The zero-order valence-electron chi connectivity index (χ0n) is 9.47. The molecule has 92 valence electrons. The zero-order chi connectivity index (χ0) is 12.4. The number of benzene rings is 1. The number of carbonyl (C=O) groups excluding carboxylic acids is 1. The topological polar surface area (TPSA) is 67.2 Å². The van der Waals surface area contributed by atoms with Gasteiger partial charge in [-0.25, -0.2) is 4.98 Å². The van der Waals surface area contributed by atoms with E-state index in [4.69, 9.17) is 4.42 Å². The number of hydrogen-bond acceptors (Lipinski definition) is 5. The fourth-order valence-electron chi connectivity index (χ4n) is 1.74. The summed E-state index contributed by atoms with van der Waals surface area (Å²) in [6, 6.07) is 5.81. The zero-order valence-corrected chi connectivity index (χ0v) is 10.3. The number of aromatic nitrogens is 1. The van der Waals surface area contributed by atoms with Crippen molar-refractivity contribution in [2.24, 2.45) is 0 Å². The van der Waals surface area contributed by atoms with Crippen molar-refractivity contribution in [2.45, 2.75) is 4.90 Å². The number of thioether (sulfide) groups is 1. The van der Waals surface area contributed by atoms with E-state index in [-0.39, 0.29) is 11.9 Å². The highest BCUT2D eigenvalue weighted by Crippen LogP contribution is 2.31. The van der Waals surface area contributed by atoms with Gasteiger partial charge in [-0.2, -0.15) is 0 Å². The molecule has 1 aliphatic rings. The highest BCUT2D eigenvalue weighted by molar-refractivity contribution is 7.99. The van der Waals surface area contributed by atoms with Gasteiger partial charge in [0.2, 0.25) is 0 Å². The van der Waals surface area contributed by atoms with E-state index in [0.717, 1.165) is 18.0 Å². The van der Waals surface area contributed by atoms with Gasteiger partial charge in [-0.3, -0.25) is 10.1 Å². The molecule has 1 aromatic heterocycles. The molecule has 0 saturated carbocycles. The number of carbonyl (C=O) groups is 1. The maximum atomic E-state index is 12.0. The van der Waals surface area contributed by atoms with Crippen LogP contribution in [0.1, 0.15) is 10.4 Å². The fraction of sp³-hybridized carbons (Fsp3) is 0.167. The first-order valence-corrected chi connectivity index (χ1v) is 6.53. The number of nitrogens with zero attached hydrogens (tertiary/aromatic N) is 1. The van der Waals surface area contributed by atoms with E-state index >= 15 is 0 Å².